The molecule has 0 saturated carbocycles. The van der Waals surface area contributed by atoms with Gasteiger partial charge in [0.15, 0.2) is 0 Å². The van der Waals surface area contributed by atoms with E-state index in [1.807, 2.05) is 6.08 Å². The van der Waals surface area contributed by atoms with Gasteiger partial charge < -0.3 is 9.47 Å². The molecule has 0 amide bonds. The van der Waals surface area contributed by atoms with Crippen molar-refractivity contribution in [2.75, 3.05) is 6.61 Å². The molecule has 2 atom stereocenters. The largest absolute Gasteiger partial charge is 0.375 e. The Hall–Kier alpha value is -0.340. The minimum absolute atomic E-state index is 0.0752. The molecule has 0 aliphatic heterocycles. The van der Waals surface area contributed by atoms with Gasteiger partial charge in [-0.1, -0.05) is 13.0 Å². The number of rotatable bonds is 9. The summed E-state index contributed by atoms with van der Waals surface area (Å²) in [7, 11) is 0. The Labute approximate surface area is 114 Å². The molecule has 0 saturated heterocycles. The molecule has 0 aliphatic carbocycles. The van der Waals surface area contributed by atoms with E-state index in [2.05, 4.69) is 48.1 Å². The smallest absolute Gasteiger partial charge is 0.0631 e. The van der Waals surface area contributed by atoms with Gasteiger partial charge in [0.25, 0.3) is 0 Å². The zero-order chi connectivity index (χ0) is 14.2. The normalized spacial score (nSPS) is 15.7. The summed E-state index contributed by atoms with van der Waals surface area (Å²) in [6.07, 6.45) is 5.63. The molecule has 0 rings (SSSR count). The zero-order valence-corrected chi connectivity index (χ0v) is 13.2. The van der Waals surface area contributed by atoms with Gasteiger partial charge in [0.1, 0.15) is 0 Å². The van der Waals surface area contributed by atoms with Gasteiger partial charge in [-0.2, -0.15) is 0 Å². The summed E-state index contributed by atoms with van der Waals surface area (Å²) in [5.41, 5.74) is -0.0752. The van der Waals surface area contributed by atoms with Crippen LogP contribution >= 0.6 is 0 Å². The van der Waals surface area contributed by atoms with Crippen molar-refractivity contribution in [3.63, 3.8) is 0 Å². The standard InChI is InChI=1S/C16H32O2/c1-8-10-11-15(18-13(3)4)14(9-2)12-17-16(5,6)7/h8,13-15H,1,9-12H2,2-7H3/t14-,15?/m0/s1. The van der Waals surface area contributed by atoms with Crippen molar-refractivity contribution in [2.24, 2.45) is 5.92 Å². The van der Waals surface area contributed by atoms with E-state index < -0.39 is 0 Å². The lowest BCUT2D eigenvalue weighted by molar-refractivity contribution is -0.0837. The van der Waals surface area contributed by atoms with Crippen LogP contribution in [0.15, 0.2) is 12.7 Å². The summed E-state index contributed by atoms with van der Waals surface area (Å²) < 4.78 is 12.0. The zero-order valence-electron chi connectivity index (χ0n) is 13.2. The molecule has 0 aromatic carbocycles. The van der Waals surface area contributed by atoms with Crippen molar-refractivity contribution in [1.82, 2.24) is 0 Å². The van der Waals surface area contributed by atoms with E-state index in [0.29, 0.717) is 5.92 Å². The van der Waals surface area contributed by atoms with Gasteiger partial charge in [-0.05, 0) is 53.9 Å². The first kappa shape index (κ1) is 17.7. The number of hydrogen-bond donors (Lipinski definition) is 0. The highest BCUT2D eigenvalue weighted by atomic mass is 16.5. The van der Waals surface area contributed by atoms with Crippen molar-refractivity contribution in [2.45, 2.75) is 78.6 Å². The first-order chi connectivity index (χ1) is 8.30. The predicted octanol–water partition coefficient (Wildman–Crippen LogP) is 4.59. The molecule has 0 aliphatic rings. The van der Waals surface area contributed by atoms with Crippen LogP contribution in [-0.4, -0.2) is 24.4 Å². The van der Waals surface area contributed by atoms with Gasteiger partial charge in [-0.15, -0.1) is 6.58 Å². The lowest BCUT2D eigenvalue weighted by Crippen LogP contribution is -2.33. The lowest BCUT2D eigenvalue weighted by Gasteiger charge is -2.30. The molecule has 1 unspecified atom stereocenters. The summed E-state index contributed by atoms with van der Waals surface area (Å²) in [5.74, 6) is 0.464. The Morgan fingerprint density at radius 2 is 1.83 bits per heavy atom. The van der Waals surface area contributed by atoms with E-state index in [9.17, 15) is 0 Å². The van der Waals surface area contributed by atoms with E-state index in [4.69, 9.17) is 9.47 Å². The van der Waals surface area contributed by atoms with Gasteiger partial charge in [0, 0.05) is 5.92 Å². The van der Waals surface area contributed by atoms with Crippen LogP contribution in [0.2, 0.25) is 0 Å². The molecule has 0 aromatic heterocycles. The van der Waals surface area contributed by atoms with Gasteiger partial charge in [-0.3, -0.25) is 0 Å². The fourth-order valence-corrected chi connectivity index (χ4v) is 1.89. The fraction of sp³-hybridized carbons (Fsp3) is 0.875. The van der Waals surface area contributed by atoms with Crippen LogP contribution in [0, 0.1) is 5.92 Å². The fourth-order valence-electron chi connectivity index (χ4n) is 1.89. The molecule has 0 bridgehead atoms. The van der Waals surface area contributed by atoms with Gasteiger partial charge >= 0.3 is 0 Å². The van der Waals surface area contributed by atoms with Crippen LogP contribution in [-0.2, 0) is 9.47 Å². The maximum absolute atomic E-state index is 6.04. The topological polar surface area (TPSA) is 18.5 Å². The Morgan fingerprint density at radius 3 is 2.22 bits per heavy atom. The molecule has 0 aromatic rings. The van der Waals surface area contributed by atoms with Crippen LogP contribution in [0.25, 0.3) is 0 Å². The molecular formula is C16H32O2. The predicted molar refractivity (Wildman–Crippen MR) is 78.9 cm³/mol. The van der Waals surface area contributed by atoms with Crippen LogP contribution in [0.3, 0.4) is 0 Å². The summed E-state index contributed by atoms with van der Waals surface area (Å²) in [6.45, 7) is 17.3. The second-order valence-corrected chi connectivity index (χ2v) is 6.18. The Kier molecular flexibility index (Phi) is 8.54. The van der Waals surface area contributed by atoms with Crippen LogP contribution in [0.5, 0.6) is 0 Å². The van der Waals surface area contributed by atoms with Crippen molar-refractivity contribution in [3.8, 4) is 0 Å². The van der Waals surface area contributed by atoms with Gasteiger partial charge in [0.05, 0.1) is 24.4 Å². The van der Waals surface area contributed by atoms with Crippen molar-refractivity contribution >= 4 is 0 Å². The van der Waals surface area contributed by atoms with Crippen LogP contribution in [0.4, 0.5) is 0 Å². The minimum Gasteiger partial charge on any atom is -0.375 e. The van der Waals surface area contributed by atoms with E-state index in [1.54, 1.807) is 0 Å². The molecule has 18 heavy (non-hydrogen) atoms. The molecule has 0 N–H and O–H groups in total. The van der Waals surface area contributed by atoms with Crippen molar-refractivity contribution in [1.29, 1.82) is 0 Å². The third kappa shape index (κ3) is 8.71. The molecule has 0 radical (unpaired) electrons. The van der Waals surface area contributed by atoms with Crippen LogP contribution < -0.4 is 0 Å². The molecule has 108 valence electrons. The van der Waals surface area contributed by atoms with Crippen molar-refractivity contribution in [3.05, 3.63) is 12.7 Å². The quantitative estimate of drug-likeness (QED) is 0.562. The number of ether oxygens (including phenoxy) is 2. The van der Waals surface area contributed by atoms with Gasteiger partial charge in [0.2, 0.25) is 0 Å². The highest BCUT2D eigenvalue weighted by Gasteiger charge is 2.23. The minimum atomic E-state index is -0.0752. The summed E-state index contributed by atoms with van der Waals surface area (Å²) in [5, 5.41) is 0. The highest BCUT2D eigenvalue weighted by molar-refractivity contribution is 4.76. The Bertz CT molecular complexity index is 216. The van der Waals surface area contributed by atoms with E-state index in [-0.39, 0.29) is 17.8 Å². The first-order valence-electron chi connectivity index (χ1n) is 7.20. The summed E-state index contributed by atoms with van der Waals surface area (Å²) in [4.78, 5) is 0. The molecule has 2 nitrogen and oxygen atoms in total. The average molecular weight is 256 g/mol. The monoisotopic (exact) mass is 256 g/mol. The average Bonchev–Trinajstić information content (AvgIpc) is 2.24. The lowest BCUT2D eigenvalue weighted by atomic mass is 9.95. The van der Waals surface area contributed by atoms with Gasteiger partial charge in [-0.25, -0.2) is 0 Å². The maximum atomic E-state index is 6.04. The number of allylic oxidation sites excluding steroid dienone is 1. The first-order valence-corrected chi connectivity index (χ1v) is 7.20. The second kappa shape index (κ2) is 8.71. The van der Waals surface area contributed by atoms with Crippen molar-refractivity contribution < 1.29 is 9.47 Å². The molecular weight excluding hydrogens is 224 g/mol. The summed E-state index contributed by atoms with van der Waals surface area (Å²) >= 11 is 0. The SMILES string of the molecule is C=CCCC(OC(C)C)[C@@H](CC)COC(C)(C)C. The second-order valence-electron chi connectivity index (χ2n) is 6.18. The third-order valence-electron chi connectivity index (χ3n) is 2.88. The maximum Gasteiger partial charge on any atom is 0.0631 e. The third-order valence-corrected chi connectivity index (χ3v) is 2.88. The Morgan fingerprint density at radius 1 is 1.22 bits per heavy atom. The van der Waals surface area contributed by atoms with E-state index in [0.717, 1.165) is 25.9 Å². The molecule has 0 fully saturated rings. The van der Waals surface area contributed by atoms with Crippen LogP contribution in [0.1, 0.15) is 60.8 Å². The van der Waals surface area contributed by atoms with E-state index in [1.165, 1.54) is 0 Å². The summed E-state index contributed by atoms with van der Waals surface area (Å²) in [6, 6.07) is 0. The highest BCUT2D eigenvalue weighted by Crippen LogP contribution is 2.22. The molecule has 0 heterocycles. The van der Waals surface area contributed by atoms with E-state index >= 15 is 0 Å². The molecule has 2 heteroatoms. The Balaban J connectivity index is 4.43. The number of hydrogen-bond acceptors (Lipinski definition) is 2. The molecule has 0 spiro atoms.